The van der Waals surface area contributed by atoms with Crippen LogP contribution in [0.3, 0.4) is 0 Å². The topological polar surface area (TPSA) is 17.1 Å². The summed E-state index contributed by atoms with van der Waals surface area (Å²) in [6.07, 6.45) is 5.57. The van der Waals surface area contributed by atoms with E-state index in [-0.39, 0.29) is 0 Å². The molecule has 1 unspecified atom stereocenters. The normalized spacial score (nSPS) is 13.5. The van der Waals surface area contributed by atoms with E-state index in [4.69, 9.17) is 0 Å². The molecule has 66 valence electrons. The van der Waals surface area contributed by atoms with Gasteiger partial charge >= 0.3 is 0 Å². The fourth-order valence-corrected chi connectivity index (χ4v) is 1.20. The first-order chi connectivity index (χ1) is 5.20. The summed E-state index contributed by atoms with van der Waals surface area (Å²) in [7, 11) is 0. The molecule has 0 saturated carbocycles. The van der Waals surface area contributed by atoms with Crippen LogP contribution in [0.2, 0.25) is 0 Å². The Morgan fingerprint density at radius 1 is 1.18 bits per heavy atom. The van der Waals surface area contributed by atoms with Crippen molar-refractivity contribution in [3.63, 3.8) is 0 Å². The Kier molecular flexibility index (Phi) is 6.19. The van der Waals surface area contributed by atoms with Crippen molar-refractivity contribution in [1.82, 2.24) is 0 Å². The van der Waals surface area contributed by atoms with Crippen LogP contribution in [0.1, 0.15) is 46.5 Å². The van der Waals surface area contributed by atoms with Crippen LogP contribution in [0.15, 0.2) is 0 Å². The van der Waals surface area contributed by atoms with Gasteiger partial charge in [-0.25, -0.2) is 0 Å². The summed E-state index contributed by atoms with van der Waals surface area (Å²) in [5.74, 6) is 1.05. The Morgan fingerprint density at radius 3 is 2.18 bits per heavy atom. The molecule has 1 nitrogen and oxygen atoms in total. The lowest BCUT2D eigenvalue weighted by Gasteiger charge is -2.09. The van der Waals surface area contributed by atoms with Crippen LogP contribution in [0.25, 0.3) is 0 Å². The molecule has 0 aromatic heterocycles. The van der Waals surface area contributed by atoms with Crippen molar-refractivity contribution in [3.05, 3.63) is 0 Å². The van der Waals surface area contributed by atoms with E-state index in [0.29, 0.717) is 5.92 Å². The largest absolute Gasteiger partial charge is 0.303 e. The van der Waals surface area contributed by atoms with Gasteiger partial charge in [0.2, 0.25) is 0 Å². The Labute approximate surface area is 70.2 Å². The van der Waals surface area contributed by atoms with Crippen LogP contribution in [-0.4, -0.2) is 6.29 Å². The molecule has 0 aromatic rings. The fourth-order valence-electron chi connectivity index (χ4n) is 1.20. The molecule has 11 heavy (non-hydrogen) atoms. The summed E-state index contributed by atoms with van der Waals surface area (Å²) in [5.41, 5.74) is 0. The molecule has 0 saturated heterocycles. The first-order valence-corrected chi connectivity index (χ1v) is 4.66. The molecule has 0 spiro atoms. The average molecular weight is 156 g/mol. The van der Waals surface area contributed by atoms with E-state index >= 15 is 0 Å². The molecule has 0 aromatic carbocycles. The SMILES string of the molecule is CCCC(C=O)CCC(C)C. The van der Waals surface area contributed by atoms with Gasteiger partial charge in [0.15, 0.2) is 0 Å². The average Bonchev–Trinajstić information content (AvgIpc) is 1.97. The third kappa shape index (κ3) is 6.08. The minimum Gasteiger partial charge on any atom is -0.303 e. The Hall–Kier alpha value is -0.330. The van der Waals surface area contributed by atoms with E-state index < -0.39 is 0 Å². The molecule has 0 aliphatic carbocycles. The lowest BCUT2D eigenvalue weighted by molar-refractivity contribution is -0.111. The third-order valence-corrected chi connectivity index (χ3v) is 1.97. The smallest absolute Gasteiger partial charge is 0.123 e. The van der Waals surface area contributed by atoms with E-state index in [0.717, 1.165) is 31.5 Å². The molecule has 0 N–H and O–H groups in total. The predicted molar refractivity (Wildman–Crippen MR) is 48.5 cm³/mol. The second-order valence-corrected chi connectivity index (χ2v) is 3.66. The van der Waals surface area contributed by atoms with E-state index in [9.17, 15) is 4.79 Å². The molecular formula is C10H20O. The van der Waals surface area contributed by atoms with Crippen molar-refractivity contribution in [1.29, 1.82) is 0 Å². The monoisotopic (exact) mass is 156 g/mol. The van der Waals surface area contributed by atoms with Crippen molar-refractivity contribution in [2.45, 2.75) is 46.5 Å². The predicted octanol–water partition coefficient (Wildman–Crippen LogP) is 3.04. The van der Waals surface area contributed by atoms with Gasteiger partial charge in [-0.1, -0.05) is 33.6 Å². The van der Waals surface area contributed by atoms with Crippen LogP contribution < -0.4 is 0 Å². The van der Waals surface area contributed by atoms with Crippen molar-refractivity contribution in [3.8, 4) is 0 Å². The lowest BCUT2D eigenvalue weighted by atomic mass is 9.95. The number of rotatable bonds is 6. The van der Waals surface area contributed by atoms with Gasteiger partial charge in [-0.2, -0.15) is 0 Å². The highest BCUT2D eigenvalue weighted by Crippen LogP contribution is 2.14. The number of hydrogen-bond donors (Lipinski definition) is 0. The van der Waals surface area contributed by atoms with E-state index in [1.54, 1.807) is 0 Å². The second-order valence-electron chi connectivity index (χ2n) is 3.66. The van der Waals surface area contributed by atoms with Gasteiger partial charge in [-0.05, 0) is 18.8 Å². The molecule has 0 amide bonds. The third-order valence-electron chi connectivity index (χ3n) is 1.97. The van der Waals surface area contributed by atoms with Gasteiger partial charge in [-0.3, -0.25) is 0 Å². The quantitative estimate of drug-likeness (QED) is 0.540. The maximum Gasteiger partial charge on any atom is 0.123 e. The van der Waals surface area contributed by atoms with Gasteiger partial charge in [0, 0.05) is 5.92 Å². The van der Waals surface area contributed by atoms with Crippen molar-refractivity contribution in [2.75, 3.05) is 0 Å². The van der Waals surface area contributed by atoms with E-state index in [1.165, 1.54) is 6.42 Å². The summed E-state index contributed by atoms with van der Waals surface area (Å²) in [6.45, 7) is 6.54. The molecule has 0 heterocycles. The van der Waals surface area contributed by atoms with Gasteiger partial charge in [0.1, 0.15) is 6.29 Å². The van der Waals surface area contributed by atoms with Crippen LogP contribution >= 0.6 is 0 Å². The van der Waals surface area contributed by atoms with Crippen LogP contribution in [0, 0.1) is 11.8 Å². The standard InChI is InChI=1S/C10H20O/c1-4-5-10(8-11)7-6-9(2)3/h8-10H,4-7H2,1-3H3. The highest BCUT2D eigenvalue weighted by atomic mass is 16.1. The highest BCUT2D eigenvalue weighted by molar-refractivity contribution is 5.53. The molecule has 0 aliphatic rings. The molecular weight excluding hydrogens is 136 g/mol. The maximum absolute atomic E-state index is 10.5. The highest BCUT2D eigenvalue weighted by Gasteiger charge is 2.06. The summed E-state index contributed by atoms with van der Waals surface area (Å²) in [4.78, 5) is 10.5. The molecule has 0 bridgehead atoms. The van der Waals surface area contributed by atoms with Gasteiger partial charge in [0.05, 0.1) is 0 Å². The zero-order valence-electron chi connectivity index (χ0n) is 7.97. The number of carbonyl (C=O) groups excluding carboxylic acids is 1. The van der Waals surface area contributed by atoms with Crippen LogP contribution in [0.5, 0.6) is 0 Å². The van der Waals surface area contributed by atoms with Crippen LogP contribution in [-0.2, 0) is 4.79 Å². The Morgan fingerprint density at radius 2 is 1.82 bits per heavy atom. The summed E-state index contributed by atoms with van der Waals surface area (Å²) in [5, 5.41) is 0. The molecule has 0 aliphatic heterocycles. The fraction of sp³-hybridized carbons (Fsp3) is 0.900. The molecule has 1 heteroatoms. The van der Waals surface area contributed by atoms with Gasteiger partial charge in [-0.15, -0.1) is 0 Å². The number of aldehydes is 1. The number of carbonyl (C=O) groups is 1. The first-order valence-electron chi connectivity index (χ1n) is 4.66. The minimum absolute atomic E-state index is 0.322. The van der Waals surface area contributed by atoms with Gasteiger partial charge in [0.25, 0.3) is 0 Å². The Balaban J connectivity index is 3.43. The lowest BCUT2D eigenvalue weighted by Crippen LogP contribution is -2.03. The summed E-state index contributed by atoms with van der Waals surface area (Å²) in [6, 6.07) is 0. The van der Waals surface area contributed by atoms with E-state index in [1.807, 2.05) is 0 Å². The van der Waals surface area contributed by atoms with E-state index in [2.05, 4.69) is 20.8 Å². The van der Waals surface area contributed by atoms with Crippen LogP contribution in [0.4, 0.5) is 0 Å². The minimum atomic E-state index is 0.322. The van der Waals surface area contributed by atoms with Gasteiger partial charge < -0.3 is 4.79 Å². The summed E-state index contributed by atoms with van der Waals surface area (Å²) >= 11 is 0. The maximum atomic E-state index is 10.5. The van der Waals surface area contributed by atoms with Crippen molar-refractivity contribution in [2.24, 2.45) is 11.8 Å². The number of hydrogen-bond acceptors (Lipinski definition) is 1. The van der Waals surface area contributed by atoms with Crippen molar-refractivity contribution < 1.29 is 4.79 Å². The summed E-state index contributed by atoms with van der Waals surface area (Å²) < 4.78 is 0. The molecule has 0 fully saturated rings. The van der Waals surface area contributed by atoms with Crippen molar-refractivity contribution >= 4 is 6.29 Å². The Bertz CT molecular complexity index is 97.0. The first kappa shape index (κ1) is 10.7. The second kappa shape index (κ2) is 6.38. The zero-order valence-corrected chi connectivity index (χ0v) is 7.97. The molecule has 0 radical (unpaired) electrons. The molecule has 0 rings (SSSR count). The molecule has 1 atom stereocenters. The zero-order chi connectivity index (χ0) is 8.69.